The minimum absolute atomic E-state index is 0.167. The molecule has 0 aromatic heterocycles. The monoisotopic (exact) mass is 304 g/mol. The Balaban J connectivity index is 1.34. The lowest BCUT2D eigenvalue weighted by Crippen LogP contribution is -2.10. The molecular weight excluding hydrogens is 276 g/mol. The molecule has 3 nitrogen and oxygen atoms in total. The molecule has 2 heterocycles. The molecule has 3 unspecified atom stereocenters. The number of ether oxygens (including phenoxy) is 3. The Morgan fingerprint density at radius 3 is 3.00 bits per heavy atom. The molecule has 1 aromatic carbocycles. The van der Waals surface area contributed by atoms with Crippen LogP contribution in [-0.4, -0.2) is 24.9 Å². The standard InChI is InChI=1S/C19H28O3/c1-4-19(3)18(22-19)8-5-14(2)9-11-20-16-7-6-15-10-12-21-17(15)13-16/h6-7,13-14,18H,4-5,8-12H2,1-3H3. The van der Waals surface area contributed by atoms with Gasteiger partial charge in [-0.25, -0.2) is 0 Å². The summed E-state index contributed by atoms with van der Waals surface area (Å²) in [6.45, 7) is 8.31. The van der Waals surface area contributed by atoms with E-state index in [0.29, 0.717) is 12.0 Å². The third-order valence-electron chi connectivity index (χ3n) is 5.21. The number of rotatable bonds is 8. The fourth-order valence-electron chi connectivity index (χ4n) is 3.16. The van der Waals surface area contributed by atoms with Crippen molar-refractivity contribution in [2.24, 2.45) is 5.92 Å². The molecule has 0 amide bonds. The molecule has 1 aromatic rings. The van der Waals surface area contributed by atoms with Gasteiger partial charge in [0, 0.05) is 12.5 Å². The number of epoxide rings is 1. The van der Waals surface area contributed by atoms with Gasteiger partial charge in [-0.05, 0) is 50.2 Å². The molecule has 0 N–H and O–H groups in total. The fourth-order valence-corrected chi connectivity index (χ4v) is 3.16. The maximum Gasteiger partial charge on any atom is 0.126 e. The van der Waals surface area contributed by atoms with Gasteiger partial charge in [0.15, 0.2) is 0 Å². The average molecular weight is 304 g/mol. The first-order valence-electron chi connectivity index (χ1n) is 8.67. The first-order valence-corrected chi connectivity index (χ1v) is 8.67. The summed E-state index contributed by atoms with van der Waals surface area (Å²) in [5.41, 5.74) is 1.46. The normalized spacial score (nSPS) is 27.1. The number of hydrogen-bond donors (Lipinski definition) is 0. The van der Waals surface area contributed by atoms with Crippen molar-refractivity contribution in [2.75, 3.05) is 13.2 Å². The van der Waals surface area contributed by atoms with Crippen molar-refractivity contribution in [3.63, 3.8) is 0 Å². The Bertz CT molecular complexity index is 513. The van der Waals surface area contributed by atoms with Crippen LogP contribution in [0.25, 0.3) is 0 Å². The molecule has 0 radical (unpaired) electrons. The van der Waals surface area contributed by atoms with Crippen molar-refractivity contribution in [3.05, 3.63) is 23.8 Å². The van der Waals surface area contributed by atoms with Crippen LogP contribution in [0.5, 0.6) is 11.5 Å². The van der Waals surface area contributed by atoms with Crippen LogP contribution in [0.4, 0.5) is 0 Å². The number of benzene rings is 1. The predicted octanol–water partition coefficient (Wildman–Crippen LogP) is 4.37. The molecule has 2 aliphatic heterocycles. The highest BCUT2D eigenvalue weighted by atomic mass is 16.6. The third kappa shape index (κ3) is 3.57. The van der Waals surface area contributed by atoms with Crippen LogP contribution in [0.2, 0.25) is 0 Å². The second-order valence-corrected chi connectivity index (χ2v) is 6.96. The summed E-state index contributed by atoms with van der Waals surface area (Å²) in [5.74, 6) is 2.60. The topological polar surface area (TPSA) is 31.0 Å². The van der Waals surface area contributed by atoms with Crippen molar-refractivity contribution >= 4 is 0 Å². The third-order valence-corrected chi connectivity index (χ3v) is 5.21. The van der Waals surface area contributed by atoms with E-state index in [1.54, 1.807) is 0 Å². The minimum atomic E-state index is 0.167. The lowest BCUT2D eigenvalue weighted by Gasteiger charge is -2.12. The van der Waals surface area contributed by atoms with Crippen LogP contribution in [0.15, 0.2) is 18.2 Å². The summed E-state index contributed by atoms with van der Waals surface area (Å²) in [6, 6.07) is 6.21. The van der Waals surface area contributed by atoms with Gasteiger partial charge in [0.25, 0.3) is 0 Å². The van der Waals surface area contributed by atoms with Crippen LogP contribution >= 0.6 is 0 Å². The maximum absolute atomic E-state index is 5.88. The Hall–Kier alpha value is -1.22. The molecule has 0 spiro atoms. The highest BCUT2D eigenvalue weighted by molar-refractivity contribution is 5.42. The Morgan fingerprint density at radius 1 is 1.36 bits per heavy atom. The van der Waals surface area contributed by atoms with Crippen molar-refractivity contribution in [3.8, 4) is 11.5 Å². The van der Waals surface area contributed by atoms with Gasteiger partial charge in [0.2, 0.25) is 0 Å². The SMILES string of the molecule is CCC1(C)OC1CCC(C)CCOc1ccc2c(c1)OCC2. The van der Waals surface area contributed by atoms with Crippen LogP contribution in [-0.2, 0) is 11.2 Å². The van der Waals surface area contributed by atoms with Crippen molar-refractivity contribution < 1.29 is 14.2 Å². The van der Waals surface area contributed by atoms with E-state index in [1.165, 1.54) is 18.4 Å². The van der Waals surface area contributed by atoms with Gasteiger partial charge in [-0.3, -0.25) is 0 Å². The zero-order valence-electron chi connectivity index (χ0n) is 14.1. The molecule has 3 atom stereocenters. The summed E-state index contributed by atoms with van der Waals surface area (Å²) < 4.78 is 17.2. The highest BCUT2D eigenvalue weighted by Gasteiger charge is 2.49. The van der Waals surface area contributed by atoms with Crippen LogP contribution in [0, 0.1) is 5.92 Å². The summed E-state index contributed by atoms with van der Waals surface area (Å²) >= 11 is 0. The smallest absolute Gasteiger partial charge is 0.126 e. The van der Waals surface area contributed by atoms with Crippen LogP contribution in [0.3, 0.4) is 0 Å². The molecule has 2 aliphatic rings. The molecule has 0 bridgehead atoms. The van der Waals surface area contributed by atoms with Gasteiger partial charge in [-0.15, -0.1) is 0 Å². The summed E-state index contributed by atoms with van der Waals surface area (Å²) in [6.07, 6.45) is 6.11. The van der Waals surface area contributed by atoms with Gasteiger partial charge >= 0.3 is 0 Å². The zero-order chi connectivity index (χ0) is 15.6. The first kappa shape index (κ1) is 15.7. The van der Waals surface area contributed by atoms with E-state index in [4.69, 9.17) is 14.2 Å². The van der Waals surface area contributed by atoms with Crippen molar-refractivity contribution in [1.29, 1.82) is 0 Å². The largest absolute Gasteiger partial charge is 0.493 e. The minimum Gasteiger partial charge on any atom is -0.493 e. The van der Waals surface area contributed by atoms with Gasteiger partial charge in [-0.2, -0.15) is 0 Å². The molecule has 22 heavy (non-hydrogen) atoms. The summed E-state index contributed by atoms with van der Waals surface area (Å²) in [4.78, 5) is 0. The van der Waals surface area contributed by atoms with E-state index < -0.39 is 0 Å². The highest BCUT2D eigenvalue weighted by Crippen LogP contribution is 2.42. The van der Waals surface area contributed by atoms with Gasteiger partial charge in [0.1, 0.15) is 11.5 Å². The Labute approximate surface area is 134 Å². The van der Waals surface area contributed by atoms with E-state index in [0.717, 1.165) is 44.0 Å². The lowest BCUT2D eigenvalue weighted by atomic mass is 9.96. The van der Waals surface area contributed by atoms with Crippen LogP contribution < -0.4 is 9.47 Å². The van der Waals surface area contributed by atoms with E-state index in [-0.39, 0.29) is 5.60 Å². The fraction of sp³-hybridized carbons (Fsp3) is 0.684. The first-order chi connectivity index (χ1) is 10.6. The molecule has 122 valence electrons. The van der Waals surface area contributed by atoms with E-state index in [1.807, 2.05) is 6.07 Å². The number of fused-ring (bicyclic) bond motifs is 1. The summed E-state index contributed by atoms with van der Waals surface area (Å²) in [7, 11) is 0. The average Bonchev–Trinajstić information content (AvgIpc) is 2.95. The van der Waals surface area contributed by atoms with Gasteiger partial charge in [-0.1, -0.05) is 19.9 Å². The van der Waals surface area contributed by atoms with E-state index in [2.05, 4.69) is 32.9 Å². The van der Waals surface area contributed by atoms with Crippen molar-refractivity contribution in [2.45, 2.75) is 64.6 Å². The van der Waals surface area contributed by atoms with Gasteiger partial charge < -0.3 is 14.2 Å². The quantitative estimate of drug-likeness (QED) is 0.668. The van der Waals surface area contributed by atoms with Gasteiger partial charge in [0.05, 0.1) is 24.9 Å². The maximum atomic E-state index is 5.88. The number of hydrogen-bond acceptors (Lipinski definition) is 3. The van der Waals surface area contributed by atoms with E-state index in [9.17, 15) is 0 Å². The van der Waals surface area contributed by atoms with E-state index >= 15 is 0 Å². The lowest BCUT2D eigenvalue weighted by molar-refractivity contribution is 0.268. The van der Waals surface area contributed by atoms with Crippen LogP contribution in [0.1, 0.15) is 52.0 Å². The molecule has 3 rings (SSSR count). The molecule has 0 aliphatic carbocycles. The summed E-state index contributed by atoms with van der Waals surface area (Å²) in [5, 5.41) is 0. The second-order valence-electron chi connectivity index (χ2n) is 6.96. The molecule has 0 saturated carbocycles. The van der Waals surface area contributed by atoms with Crippen molar-refractivity contribution in [1.82, 2.24) is 0 Å². The Kier molecular flexibility index (Phi) is 4.62. The Morgan fingerprint density at radius 2 is 2.23 bits per heavy atom. The molecule has 3 heteroatoms. The predicted molar refractivity (Wildman–Crippen MR) is 87.7 cm³/mol. The second kappa shape index (κ2) is 6.49. The molecule has 1 saturated heterocycles. The molecule has 1 fully saturated rings. The molecular formula is C19H28O3. The zero-order valence-corrected chi connectivity index (χ0v) is 14.1.